The Hall–Kier alpha value is -2.41. The lowest BCUT2D eigenvalue weighted by molar-refractivity contribution is -0.150. The van der Waals surface area contributed by atoms with E-state index in [1.54, 1.807) is 4.90 Å². The van der Waals surface area contributed by atoms with E-state index in [2.05, 4.69) is 10.3 Å². The summed E-state index contributed by atoms with van der Waals surface area (Å²) in [4.78, 5) is 30.0. The minimum Gasteiger partial charge on any atom is -0.458 e. The third kappa shape index (κ3) is 5.29. The predicted molar refractivity (Wildman–Crippen MR) is 101 cm³/mol. The fraction of sp³-hybridized carbons (Fsp3) is 0.421. The first-order valence-electron chi connectivity index (χ1n) is 8.81. The number of nitrogens with zero attached hydrogens (tertiary/aromatic N) is 2. The molecular formula is C19H23N3O3S. The van der Waals surface area contributed by atoms with E-state index in [4.69, 9.17) is 4.74 Å². The Kier molecular flexibility index (Phi) is 6.22. The molecule has 1 aromatic heterocycles. The average Bonchev–Trinajstić information content (AvgIpc) is 2.98. The molecule has 1 fully saturated rings. The van der Waals surface area contributed by atoms with Crippen LogP contribution in [0, 0.1) is 6.92 Å². The molecule has 0 aliphatic carbocycles. The van der Waals surface area contributed by atoms with E-state index in [0.717, 1.165) is 30.1 Å². The van der Waals surface area contributed by atoms with Gasteiger partial charge in [-0.3, -0.25) is 9.59 Å². The highest BCUT2D eigenvalue weighted by Gasteiger charge is 2.20. The Labute approximate surface area is 157 Å². The summed E-state index contributed by atoms with van der Waals surface area (Å²) < 4.78 is 5.28. The van der Waals surface area contributed by atoms with Crippen molar-refractivity contribution in [2.45, 2.75) is 39.2 Å². The molecule has 0 radical (unpaired) electrons. The fourth-order valence-corrected chi connectivity index (χ4v) is 3.47. The second-order valence-corrected chi connectivity index (χ2v) is 7.28. The first-order valence-corrected chi connectivity index (χ1v) is 9.69. The van der Waals surface area contributed by atoms with Crippen molar-refractivity contribution in [3.63, 3.8) is 0 Å². The van der Waals surface area contributed by atoms with Crippen LogP contribution in [0.15, 0.2) is 29.6 Å². The number of benzene rings is 1. The molecular weight excluding hydrogens is 350 g/mol. The van der Waals surface area contributed by atoms with Gasteiger partial charge < -0.3 is 15.0 Å². The standard InChI is InChI=1S/C19H23N3O3S/c1-14-6-8-15(9-7-14)20-19-21-16(13-26-19)12-25-18(24)11-22-10-4-2-3-5-17(22)23/h6-9,13H,2-5,10-12H2,1H3,(H,20,21). The molecule has 1 aromatic carbocycles. The van der Waals surface area contributed by atoms with Crippen LogP contribution >= 0.6 is 11.3 Å². The molecule has 0 saturated carbocycles. The van der Waals surface area contributed by atoms with Gasteiger partial charge in [0.05, 0.1) is 5.69 Å². The number of likely N-dealkylation sites (tertiary alicyclic amines) is 1. The van der Waals surface area contributed by atoms with Crippen LogP contribution in [-0.4, -0.2) is 34.8 Å². The number of nitrogens with one attached hydrogen (secondary N) is 1. The molecule has 0 unspecified atom stereocenters. The van der Waals surface area contributed by atoms with E-state index in [-0.39, 0.29) is 25.0 Å². The Morgan fingerprint density at radius 2 is 2.08 bits per heavy atom. The molecule has 0 bridgehead atoms. The number of esters is 1. The van der Waals surface area contributed by atoms with Gasteiger partial charge in [-0.15, -0.1) is 11.3 Å². The highest BCUT2D eigenvalue weighted by molar-refractivity contribution is 7.13. The van der Waals surface area contributed by atoms with Gasteiger partial charge >= 0.3 is 5.97 Å². The van der Waals surface area contributed by atoms with Crippen LogP contribution in [-0.2, 0) is 20.9 Å². The number of ether oxygens (including phenoxy) is 1. The number of hydrogen-bond donors (Lipinski definition) is 1. The molecule has 2 heterocycles. The summed E-state index contributed by atoms with van der Waals surface area (Å²) in [7, 11) is 0. The van der Waals surface area contributed by atoms with E-state index in [9.17, 15) is 9.59 Å². The van der Waals surface area contributed by atoms with Crippen LogP contribution in [0.2, 0.25) is 0 Å². The molecule has 0 atom stereocenters. The smallest absolute Gasteiger partial charge is 0.326 e. The van der Waals surface area contributed by atoms with Crippen molar-refractivity contribution < 1.29 is 14.3 Å². The summed E-state index contributed by atoms with van der Waals surface area (Å²) in [6.07, 6.45) is 3.40. The number of thiazole rings is 1. The maximum atomic E-state index is 12.0. The summed E-state index contributed by atoms with van der Waals surface area (Å²) in [6, 6.07) is 8.05. The third-order valence-electron chi connectivity index (χ3n) is 4.23. The first-order chi connectivity index (χ1) is 12.6. The van der Waals surface area contributed by atoms with Crippen LogP contribution < -0.4 is 5.32 Å². The lowest BCUT2D eigenvalue weighted by atomic mass is 10.2. The molecule has 2 aromatic rings. The van der Waals surface area contributed by atoms with E-state index >= 15 is 0 Å². The van der Waals surface area contributed by atoms with Crippen molar-refractivity contribution in [3.05, 3.63) is 40.9 Å². The number of carbonyl (C=O) groups is 2. The fourth-order valence-electron chi connectivity index (χ4n) is 2.75. The number of amides is 1. The highest BCUT2D eigenvalue weighted by Crippen LogP contribution is 2.21. The number of aryl methyl sites for hydroxylation is 1. The van der Waals surface area contributed by atoms with Crippen molar-refractivity contribution in [3.8, 4) is 0 Å². The van der Waals surface area contributed by atoms with Crippen LogP contribution in [0.25, 0.3) is 0 Å². The SMILES string of the molecule is Cc1ccc(Nc2nc(COC(=O)CN3CCCCCC3=O)cs2)cc1. The average molecular weight is 373 g/mol. The minimum absolute atomic E-state index is 0.0252. The second-order valence-electron chi connectivity index (χ2n) is 6.42. The topological polar surface area (TPSA) is 71.5 Å². The zero-order valence-electron chi connectivity index (χ0n) is 14.9. The predicted octanol–water partition coefficient (Wildman–Crippen LogP) is 3.64. The van der Waals surface area contributed by atoms with Gasteiger partial charge in [0.15, 0.2) is 5.13 Å². The van der Waals surface area contributed by atoms with Gasteiger partial charge in [0.2, 0.25) is 5.91 Å². The summed E-state index contributed by atoms with van der Waals surface area (Å²) in [6.45, 7) is 2.82. The van der Waals surface area contributed by atoms with Crippen molar-refractivity contribution >= 4 is 34.0 Å². The Balaban J connectivity index is 1.47. The first kappa shape index (κ1) is 18.4. The molecule has 26 heavy (non-hydrogen) atoms. The number of carbonyl (C=O) groups excluding carboxylic acids is 2. The summed E-state index contributed by atoms with van der Waals surface area (Å²) in [5.74, 6) is -0.348. The quantitative estimate of drug-likeness (QED) is 0.783. The molecule has 3 rings (SSSR count). The monoisotopic (exact) mass is 373 g/mol. The van der Waals surface area contributed by atoms with Crippen molar-refractivity contribution in [1.29, 1.82) is 0 Å². The van der Waals surface area contributed by atoms with Crippen molar-refractivity contribution in [1.82, 2.24) is 9.88 Å². The second kappa shape index (κ2) is 8.80. The van der Waals surface area contributed by atoms with Gasteiger partial charge in [0, 0.05) is 24.0 Å². The van der Waals surface area contributed by atoms with E-state index in [1.165, 1.54) is 16.9 Å². The molecule has 6 nitrogen and oxygen atoms in total. The zero-order chi connectivity index (χ0) is 18.4. The molecule has 1 aliphatic heterocycles. The molecule has 1 N–H and O–H groups in total. The van der Waals surface area contributed by atoms with E-state index < -0.39 is 0 Å². The summed E-state index contributed by atoms with van der Waals surface area (Å²) in [5.41, 5.74) is 2.86. The van der Waals surface area contributed by atoms with Crippen molar-refractivity contribution in [2.24, 2.45) is 0 Å². The van der Waals surface area contributed by atoms with Gasteiger partial charge in [-0.25, -0.2) is 4.98 Å². The normalized spacial score (nSPS) is 14.8. The van der Waals surface area contributed by atoms with Gasteiger partial charge in [0.25, 0.3) is 0 Å². The highest BCUT2D eigenvalue weighted by atomic mass is 32.1. The number of hydrogen-bond acceptors (Lipinski definition) is 6. The zero-order valence-corrected chi connectivity index (χ0v) is 15.7. The van der Waals surface area contributed by atoms with Crippen LogP contribution in [0.1, 0.15) is 36.9 Å². The Morgan fingerprint density at radius 3 is 2.88 bits per heavy atom. The van der Waals surface area contributed by atoms with E-state index in [0.29, 0.717) is 18.7 Å². The lowest BCUT2D eigenvalue weighted by Crippen LogP contribution is -2.35. The van der Waals surface area contributed by atoms with Crippen LogP contribution in [0.5, 0.6) is 0 Å². The lowest BCUT2D eigenvalue weighted by Gasteiger charge is -2.19. The number of aromatic nitrogens is 1. The molecule has 1 amide bonds. The maximum Gasteiger partial charge on any atom is 0.326 e. The summed E-state index contributed by atoms with van der Waals surface area (Å²) >= 11 is 1.46. The Bertz CT molecular complexity index is 758. The molecule has 1 saturated heterocycles. The number of rotatable bonds is 6. The largest absolute Gasteiger partial charge is 0.458 e. The molecule has 1 aliphatic rings. The number of anilines is 2. The van der Waals surface area contributed by atoms with Gasteiger partial charge in [-0.1, -0.05) is 24.1 Å². The third-order valence-corrected chi connectivity index (χ3v) is 5.03. The van der Waals surface area contributed by atoms with E-state index in [1.807, 2.05) is 36.6 Å². The van der Waals surface area contributed by atoms with Gasteiger partial charge in [0.1, 0.15) is 13.2 Å². The molecule has 7 heteroatoms. The molecule has 0 spiro atoms. The van der Waals surface area contributed by atoms with Crippen molar-refractivity contribution in [2.75, 3.05) is 18.4 Å². The minimum atomic E-state index is -0.388. The van der Waals surface area contributed by atoms with Gasteiger partial charge in [-0.2, -0.15) is 0 Å². The van der Waals surface area contributed by atoms with Gasteiger partial charge in [-0.05, 0) is 31.9 Å². The summed E-state index contributed by atoms with van der Waals surface area (Å²) in [5, 5.41) is 5.85. The van der Waals surface area contributed by atoms with Crippen LogP contribution in [0.4, 0.5) is 10.8 Å². The van der Waals surface area contributed by atoms with Crippen LogP contribution in [0.3, 0.4) is 0 Å². The maximum absolute atomic E-state index is 12.0. The molecule has 138 valence electrons. The Morgan fingerprint density at radius 1 is 1.27 bits per heavy atom.